The molecule has 0 bridgehead atoms. The molecule has 0 saturated carbocycles. The van der Waals surface area contributed by atoms with Gasteiger partial charge in [-0.15, -0.1) is 0 Å². The topological polar surface area (TPSA) is 59.6 Å². The molecule has 2 aromatic rings. The van der Waals surface area contributed by atoms with Crippen molar-refractivity contribution < 1.29 is 14.3 Å². The van der Waals surface area contributed by atoms with Crippen LogP contribution in [0.4, 0.5) is 5.69 Å². The molecular formula is C19H22N2O3. The molecule has 5 nitrogen and oxygen atoms in total. The lowest BCUT2D eigenvalue weighted by Gasteiger charge is -2.19. The first-order chi connectivity index (χ1) is 11.7. The van der Waals surface area contributed by atoms with Crippen molar-refractivity contribution in [2.75, 3.05) is 19.2 Å². The minimum atomic E-state index is -0.0948. The van der Waals surface area contributed by atoms with E-state index in [2.05, 4.69) is 17.6 Å². The Balaban J connectivity index is 1.75. The fourth-order valence-electron chi connectivity index (χ4n) is 2.81. The fourth-order valence-corrected chi connectivity index (χ4v) is 2.81. The molecule has 5 heteroatoms. The van der Waals surface area contributed by atoms with Crippen LogP contribution >= 0.6 is 0 Å². The molecule has 0 fully saturated rings. The van der Waals surface area contributed by atoms with Crippen LogP contribution in [0, 0.1) is 0 Å². The minimum Gasteiger partial charge on any atom is -0.497 e. The number of hydrogen-bond donors (Lipinski definition) is 2. The van der Waals surface area contributed by atoms with Crippen LogP contribution < -0.4 is 20.1 Å². The third-order valence-electron chi connectivity index (χ3n) is 4.13. The highest BCUT2D eigenvalue weighted by Gasteiger charge is 2.18. The summed E-state index contributed by atoms with van der Waals surface area (Å²) in [7, 11) is 1.64. The zero-order valence-electron chi connectivity index (χ0n) is 14.0. The molecule has 0 radical (unpaired) electrons. The number of rotatable bonds is 6. The van der Waals surface area contributed by atoms with Gasteiger partial charge in [0, 0.05) is 5.56 Å². The molecule has 1 aliphatic heterocycles. The van der Waals surface area contributed by atoms with E-state index in [0.717, 1.165) is 35.6 Å². The van der Waals surface area contributed by atoms with Crippen molar-refractivity contribution >= 4 is 11.6 Å². The smallest absolute Gasteiger partial charge is 0.251 e. The van der Waals surface area contributed by atoms with Gasteiger partial charge in [-0.05, 0) is 42.3 Å². The summed E-state index contributed by atoms with van der Waals surface area (Å²) in [6, 6.07) is 13.3. The van der Waals surface area contributed by atoms with Crippen LogP contribution in [0.2, 0.25) is 0 Å². The van der Waals surface area contributed by atoms with Crippen LogP contribution in [0.25, 0.3) is 0 Å². The second-order valence-electron chi connectivity index (χ2n) is 5.76. The van der Waals surface area contributed by atoms with Gasteiger partial charge < -0.3 is 20.1 Å². The quantitative estimate of drug-likeness (QED) is 0.849. The van der Waals surface area contributed by atoms with Crippen molar-refractivity contribution in [2.24, 2.45) is 0 Å². The summed E-state index contributed by atoms with van der Waals surface area (Å²) in [5, 5.41) is 6.22. The lowest BCUT2D eigenvalue weighted by atomic mass is 10.0. The number of carbonyl (C=O) groups is 1. The summed E-state index contributed by atoms with van der Waals surface area (Å²) in [6.07, 6.45) is 1.86. The van der Waals surface area contributed by atoms with Crippen LogP contribution in [0.5, 0.6) is 11.5 Å². The van der Waals surface area contributed by atoms with E-state index in [0.29, 0.717) is 12.3 Å². The largest absolute Gasteiger partial charge is 0.497 e. The Kier molecular flexibility index (Phi) is 4.89. The minimum absolute atomic E-state index is 0.0271. The van der Waals surface area contributed by atoms with E-state index in [1.165, 1.54) is 0 Å². The first-order valence-electron chi connectivity index (χ1n) is 8.16. The molecule has 1 aliphatic rings. The average Bonchev–Trinajstić information content (AvgIpc) is 3.09. The molecule has 0 aliphatic carbocycles. The van der Waals surface area contributed by atoms with Gasteiger partial charge in [-0.1, -0.05) is 25.5 Å². The molecule has 1 amide bonds. The molecule has 2 aromatic carbocycles. The van der Waals surface area contributed by atoms with E-state index in [1.54, 1.807) is 13.2 Å². The summed E-state index contributed by atoms with van der Waals surface area (Å²) in [6.45, 7) is 2.56. The molecule has 1 unspecified atom stereocenters. The lowest BCUT2D eigenvalue weighted by molar-refractivity contribution is 0.0934. The van der Waals surface area contributed by atoms with Crippen molar-refractivity contribution in [3.63, 3.8) is 0 Å². The summed E-state index contributed by atoms with van der Waals surface area (Å²) >= 11 is 0. The van der Waals surface area contributed by atoms with Crippen LogP contribution in [-0.2, 0) is 0 Å². The molecule has 1 heterocycles. The maximum Gasteiger partial charge on any atom is 0.251 e. The van der Waals surface area contributed by atoms with Crippen molar-refractivity contribution in [1.82, 2.24) is 5.32 Å². The van der Waals surface area contributed by atoms with Gasteiger partial charge in [-0.25, -0.2) is 0 Å². The van der Waals surface area contributed by atoms with Crippen LogP contribution in [0.3, 0.4) is 0 Å². The van der Waals surface area contributed by atoms with Gasteiger partial charge in [-0.2, -0.15) is 0 Å². The van der Waals surface area contributed by atoms with E-state index < -0.39 is 0 Å². The van der Waals surface area contributed by atoms with E-state index in [4.69, 9.17) is 9.47 Å². The number of nitrogens with one attached hydrogen (secondary N) is 2. The Morgan fingerprint density at radius 2 is 2.08 bits per heavy atom. The number of methoxy groups -OCH3 is 1. The zero-order valence-corrected chi connectivity index (χ0v) is 14.0. The Morgan fingerprint density at radius 1 is 1.29 bits per heavy atom. The summed E-state index contributed by atoms with van der Waals surface area (Å²) in [5.74, 6) is 1.44. The molecule has 0 aromatic heterocycles. The van der Waals surface area contributed by atoms with Crippen LogP contribution in [-0.4, -0.2) is 19.7 Å². The third-order valence-corrected chi connectivity index (χ3v) is 4.13. The van der Waals surface area contributed by atoms with Gasteiger partial charge in [-0.3, -0.25) is 4.79 Å². The molecule has 1 atom stereocenters. The maximum absolute atomic E-state index is 12.6. The number of benzene rings is 2. The van der Waals surface area contributed by atoms with Gasteiger partial charge >= 0.3 is 0 Å². The normalized spacial score (nSPS) is 13.4. The molecule has 0 spiro atoms. The predicted molar refractivity (Wildman–Crippen MR) is 93.7 cm³/mol. The summed E-state index contributed by atoms with van der Waals surface area (Å²) < 4.78 is 10.6. The number of anilines is 1. The predicted octanol–water partition coefficient (Wildman–Crippen LogP) is 3.73. The van der Waals surface area contributed by atoms with Gasteiger partial charge in [0.05, 0.1) is 18.8 Å². The Bertz CT molecular complexity index is 713. The maximum atomic E-state index is 12.6. The number of ether oxygens (including phenoxy) is 2. The van der Waals surface area contributed by atoms with E-state index in [-0.39, 0.29) is 11.9 Å². The highest BCUT2D eigenvalue weighted by molar-refractivity contribution is 5.95. The van der Waals surface area contributed by atoms with Gasteiger partial charge in [0.25, 0.3) is 5.91 Å². The van der Waals surface area contributed by atoms with Crippen LogP contribution in [0.15, 0.2) is 42.5 Å². The zero-order chi connectivity index (χ0) is 16.9. The number of amides is 1. The van der Waals surface area contributed by atoms with Crippen LogP contribution in [0.1, 0.15) is 41.7 Å². The lowest BCUT2D eigenvalue weighted by Crippen LogP contribution is -2.28. The Morgan fingerprint density at radius 3 is 2.79 bits per heavy atom. The molecule has 24 heavy (non-hydrogen) atoms. The summed E-state index contributed by atoms with van der Waals surface area (Å²) in [4.78, 5) is 12.6. The number of carbonyl (C=O) groups excluding carboxylic acids is 1. The third kappa shape index (κ3) is 3.45. The highest BCUT2D eigenvalue weighted by Crippen LogP contribution is 2.30. The molecule has 0 saturated heterocycles. The molecule has 126 valence electrons. The van der Waals surface area contributed by atoms with Gasteiger partial charge in [0.15, 0.2) is 6.73 Å². The SMILES string of the molecule is CCCC(NC(=O)c1ccc2c(c1)OCN2)c1ccc(OC)cc1. The first-order valence-corrected chi connectivity index (χ1v) is 8.16. The van der Waals surface area contributed by atoms with Crippen molar-refractivity contribution in [1.29, 1.82) is 0 Å². The number of fused-ring (bicyclic) bond motifs is 1. The summed E-state index contributed by atoms with van der Waals surface area (Å²) in [5.41, 5.74) is 2.60. The van der Waals surface area contributed by atoms with Crippen molar-refractivity contribution in [3.05, 3.63) is 53.6 Å². The highest BCUT2D eigenvalue weighted by atomic mass is 16.5. The average molecular weight is 326 g/mol. The van der Waals surface area contributed by atoms with E-state index in [9.17, 15) is 4.79 Å². The van der Waals surface area contributed by atoms with Crippen molar-refractivity contribution in [2.45, 2.75) is 25.8 Å². The van der Waals surface area contributed by atoms with Crippen molar-refractivity contribution in [3.8, 4) is 11.5 Å². The number of hydrogen-bond acceptors (Lipinski definition) is 4. The fraction of sp³-hybridized carbons (Fsp3) is 0.316. The Hall–Kier alpha value is -2.69. The monoisotopic (exact) mass is 326 g/mol. The molecule has 2 N–H and O–H groups in total. The molecular weight excluding hydrogens is 304 g/mol. The second-order valence-corrected chi connectivity index (χ2v) is 5.76. The Labute approximate surface area is 142 Å². The first kappa shape index (κ1) is 16.2. The molecule has 3 rings (SSSR count). The second kappa shape index (κ2) is 7.25. The standard InChI is InChI=1S/C19H22N2O3/c1-3-4-16(13-5-8-15(23-2)9-6-13)21-19(22)14-7-10-17-18(11-14)24-12-20-17/h5-11,16,20H,3-4,12H2,1-2H3,(H,21,22). The van der Waals surface area contributed by atoms with E-state index in [1.807, 2.05) is 36.4 Å². The van der Waals surface area contributed by atoms with Gasteiger partial charge in [0.1, 0.15) is 11.5 Å². The van der Waals surface area contributed by atoms with Gasteiger partial charge in [0.2, 0.25) is 0 Å². The van der Waals surface area contributed by atoms with E-state index >= 15 is 0 Å².